The van der Waals surface area contributed by atoms with Crippen LogP contribution in [0.5, 0.6) is 0 Å². The molecule has 0 spiro atoms. The van der Waals surface area contributed by atoms with E-state index in [-0.39, 0.29) is 28.2 Å². The van der Waals surface area contributed by atoms with Gasteiger partial charge < -0.3 is 4.90 Å². The van der Waals surface area contributed by atoms with Crippen molar-refractivity contribution in [3.8, 4) is 0 Å². The van der Waals surface area contributed by atoms with Crippen LogP contribution in [-0.4, -0.2) is 26.9 Å². The van der Waals surface area contributed by atoms with Crippen molar-refractivity contribution in [1.82, 2.24) is 4.72 Å². The predicted octanol–water partition coefficient (Wildman–Crippen LogP) is 2.80. The zero-order chi connectivity index (χ0) is 17.7. The Morgan fingerprint density at radius 1 is 1.38 bits per heavy atom. The molecule has 3 rings (SSSR count). The molecule has 132 valence electrons. The third-order valence-electron chi connectivity index (χ3n) is 5.01. The van der Waals surface area contributed by atoms with Crippen LogP contribution in [0.25, 0.3) is 0 Å². The van der Waals surface area contributed by atoms with Gasteiger partial charge in [0.2, 0.25) is 15.9 Å². The van der Waals surface area contributed by atoms with Crippen molar-refractivity contribution in [2.75, 3.05) is 11.4 Å². The summed E-state index contributed by atoms with van der Waals surface area (Å²) in [6, 6.07) is 5.03. The average Bonchev–Trinajstić information content (AvgIpc) is 3.32. The second kappa shape index (κ2) is 5.85. The number of sulfonamides is 1. The zero-order valence-corrected chi connectivity index (χ0v) is 15.6. The number of hydrogen-bond donors (Lipinski definition) is 1. The molecule has 1 fully saturated rings. The minimum Gasteiger partial charge on any atom is -0.311 e. The average molecular weight is 350 g/mol. The van der Waals surface area contributed by atoms with E-state index in [1.807, 2.05) is 18.7 Å². The molecule has 1 atom stereocenters. The van der Waals surface area contributed by atoms with Crippen molar-refractivity contribution >= 4 is 21.6 Å². The monoisotopic (exact) mass is 350 g/mol. The van der Waals surface area contributed by atoms with Gasteiger partial charge in [-0.15, -0.1) is 0 Å². The number of amides is 1. The van der Waals surface area contributed by atoms with Gasteiger partial charge in [0.05, 0.1) is 4.90 Å². The Morgan fingerprint density at radius 3 is 2.62 bits per heavy atom. The number of nitrogens with zero attached hydrogens (tertiary/aromatic N) is 1. The van der Waals surface area contributed by atoms with Crippen LogP contribution in [0.1, 0.15) is 52.5 Å². The summed E-state index contributed by atoms with van der Waals surface area (Å²) in [5, 5.41) is 0. The van der Waals surface area contributed by atoms with E-state index in [2.05, 4.69) is 18.6 Å². The van der Waals surface area contributed by atoms with Crippen molar-refractivity contribution in [1.29, 1.82) is 0 Å². The molecule has 1 aliphatic heterocycles. The van der Waals surface area contributed by atoms with Crippen LogP contribution in [0.4, 0.5) is 5.69 Å². The van der Waals surface area contributed by atoms with Gasteiger partial charge in [0.15, 0.2) is 0 Å². The summed E-state index contributed by atoms with van der Waals surface area (Å²) in [7, 11) is -3.54. The highest BCUT2D eigenvalue weighted by Crippen LogP contribution is 2.44. The smallest absolute Gasteiger partial charge is 0.240 e. The Morgan fingerprint density at radius 2 is 2.04 bits per heavy atom. The number of hydrogen-bond acceptors (Lipinski definition) is 3. The van der Waals surface area contributed by atoms with E-state index >= 15 is 0 Å². The highest BCUT2D eigenvalue weighted by Gasteiger charge is 2.43. The molecule has 1 aliphatic carbocycles. The summed E-state index contributed by atoms with van der Waals surface area (Å²) in [4.78, 5) is 14.6. The fourth-order valence-corrected chi connectivity index (χ4v) is 4.54. The first-order chi connectivity index (χ1) is 11.2. The van der Waals surface area contributed by atoms with Crippen LogP contribution < -0.4 is 9.62 Å². The molecule has 5 nitrogen and oxygen atoms in total. The first-order valence-corrected chi connectivity index (χ1v) is 10.1. The molecule has 2 aliphatic rings. The predicted molar refractivity (Wildman–Crippen MR) is 94.6 cm³/mol. The normalized spacial score (nSPS) is 20.8. The maximum absolute atomic E-state index is 12.6. The third kappa shape index (κ3) is 3.09. The Kier molecular flexibility index (Phi) is 4.24. The molecule has 1 saturated carbocycles. The molecule has 6 heteroatoms. The van der Waals surface area contributed by atoms with E-state index in [9.17, 15) is 13.2 Å². The molecule has 1 aromatic rings. The van der Waals surface area contributed by atoms with Gasteiger partial charge in [0.25, 0.3) is 0 Å². The number of nitrogens with one attached hydrogen (secondary N) is 1. The Labute approximate surface area is 144 Å². The molecule has 0 saturated heterocycles. The topological polar surface area (TPSA) is 66.5 Å². The standard InChI is InChI=1S/C18H26N2O3S/c1-5-12(2)19-24(22,23)14-8-9-16-15(10-14)18(3,4)11-20(16)17(21)13-6-7-13/h8-10,12-13,19H,5-7,11H2,1-4H3/t12-/m1/s1. The largest absolute Gasteiger partial charge is 0.311 e. The molecule has 24 heavy (non-hydrogen) atoms. The fourth-order valence-electron chi connectivity index (χ4n) is 3.19. The third-order valence-corrected chi connectivity index (χ3v) is 6.60. The molecule has 0 bridgehead atoms. The molecule has 1 N–H and O–H groups in total. The fraction of sp³-hybridized carbons (Fsp3) is 0.611. The summed E-state index contributed by atoms with van der Waals surface area (Å²) >= 11 is 0. The zero-order valence-electron chi connectivity index (χ0n) is 14.8. The number of carbonyl (C=O) groups is 1. The first-order valence-electron chi connectivity index (χ1n) is 8.64. The second-order valence-corrected chi connectivity index (χ2v) is 9.41. The van der Waals surface area contributed by atoms with E-state index in [1.165, 1.54) is 0 Å². The number of fused-ring (bicyclic) bond motifs is 1. The van der Waals surface area contributed by atoms with Crippen LogP contribution in [-0.2, 0) is 20.2 Å². The van der Waals surface area contributed by atoms with E-state index < -0.39 is 10.0 Å². The number of rotatable bonds is 5. The number of benzene rings is 1. The van der Waals surface area contributed by atoms with Crippen LogP contribution in [0.3, 0.4) is 0 Å². The number of anilines is 1. The van der Waals surface area contributed by atoms with E-state index in [1.54, 1.807) is 18.2 Å². The lowest BCUT2D eigenvalue weighted by Gasteiger charge is -2.20. The Bertz CT molecular complexity index is 766. The van der Waals surface area contributed by atoms with Crippen LogP contribution in [0.2, 0.25) is 0 Å². The van der Waals surface area contributed by atoms with Crippen molar-refractivity contribution in [2.24, 2.45) is 5.92 Å². The molecular formula is C18H26N2O3S. The summed E-state index contributed by atoms with van der Waals surface area (Å²) in [6.45, 7) is 8.53. The lowest BCUT2D eigenvalue weighted by atomic mass is 9.87. The van der Waals surface area contributed by atoms with Crippen molar-refractivity contribution in [2.45, 2.75) is 63.3 Å². The van der Waals surface area contributed by atoms with Crippen LogP contribution in [0.15, 0.2) is 23.1 Å². The van der Waals surface area contributed by atoms with Gasteiger partial charge in [-0.1, -0.05) is 20.8 Å². The molecule has 0 aromatic heterocycles. The number of carbonyl (C=O) groups excluding carboxylic acids is 1. The minimum atomic E-state index is -3.54. The molecule has 0 radical (unpaired) electrons. The molecule has 0 unspecified atom stereocenters. The molecule has 1 aromatic carbocycles. The highest BCUT2D eigenvalue weighted by molar-refractivity contribution is 7.89. The summed E-state index contributed by atoms with van der Waals surface area (Å²) in [6.07, 6.45) is 2.67. The van der Waals surface area contributed by atoms with Gasteiger partial charge in [0, 0.05) is 29.6 Å². The van der Waals surface area contributed by atoms with Crippen LogP contribution >= 0.6 is 0 Å². The van der Waals surface area contributed by atoms with Gasteiger partial charge in [-0.05, 0) is 49.9 Å². The summed E-state index contributed by atoms with van der Waals surface area (Å²) in [5.41, 5.74) is 1.55. The van der Waals surface area contributed by atoms with Crippen molar-refractivity contribution in [3.05, 3.63) is 23.8 Å². The lowest BCUT2D eigenvalue weighted by Crippen LogP contribution is -2.34. The minimum absolute atomic E-state index is 0.107. The summed E-state index contributed by atoms with van der Waals surface area (Å²) < 4.78 is 27.8. The highest BCUT2D eigenvalue weighted by atomic mass is 32.2. The SMILES string of the molecule is CC[C@@H](C)NS(=O)(=O)c1ccc2c(c1)C(C)(C)CN2C(=O)C1CC1. The molecular weight excluding hydrogens is 324 g/mol. The maximum atomic E-state index is 12.6. The first kappa shape index (κ1) is 17.4. The molecule has 1 amide bonds. The van der Waals surface area contributed by atoms with Gasteiger partial charge in [-0.2, -0.15) is 0 Å². The quantitative estimate of drug-likeness (QED) is 0.888. The lowest BCUT2D eigenvalue weighted by molar-refractivity contribution is -0.119. The van der Waals surface area contributed by atoms with Crippen molar-refractivity contribution < 1.29 is 13.2 Å². The maximum Gasteiger partial charge on any atom is 0.240 e. The van der Waals surface area contributed by atoms with Gasteiger partial charge in [-0.3, -0.25) is 4.79 Å². The van der Waals surface area contributed by atoms with E-state index in [4.69, 9.17) is 0 Å². The van der Waals surface area contributed by atoms with Gasteiger partial charge in [0.1, 0.15) is 0 Å². The van der Waals surface area contributed by atoms with Crippen molar-refractivity contribution in [3.63, 3.8) is 0 Å². The Balaban J connectivity index is 1.97. The summed E-state index contributed by atoms with van der Waals surface area (Å²) in [5.74, 6) is 0.331. The molecule has 1 heterocycles. The van der Waals surface area contributed by atoms with Crippen LogP contribution in [0, 0.1) is 5.92 Å². The van der Waals surface area contributed by atoms with E-state index in [0.29, 0.717) is 6.54 Å². The van der Waals surface area contributed by atoms with Gasteiger partial charge in [-0.25, -0.2) is 13.1 Å². The second-order valence-electron chi connectivity index (χ2n) is 7.69. The Hall–Kier alpha value is -1.40. The van der Waals surface area contributed by atoms with E-state index in [0.717, 1.165) is 30.5 Å². The van der Waals surface area contributed by atoms with Gasteiger partial charge >= 0.3 is 0 Å².